The van der Waals surface area contributed by atoms with Crippen LogP contribution in [0.25, 0.3) is 0 Å². The minimum Gasteiger partial charge on any atom is -0.330 e. The Morgan fingerprint density at radius 3 is 2.00 bits per heavy atom. The van der Waals surface area contributed by atoms with Gasteiger partial charge in [0, 0.05) is 18.1 Å². The van der Waals surface area contributed by atoms with Crippen molar-refractivity contribution in [2.75, 3.05) is 12.3 Å². The fourth-order valence-corrected chi connectivity index (χ4v) is 4.21. The van der Waals surface area contributed by atoms with Crippen LogP contribution in [-0.2, 0) is 18.6 Å². The van der Waals surface area contributed by atoms with Crippen molar-refractivity contribution in [1.29, 1.82) is 0 Å². The molecule has 0 amide bonds. The van der Waals surface area contributed by atoms with Crippen molar-refractivity contribution in [3.8, 4) is 0 Å². The number of hydrogen-bond acceptors (Lipinski definition) is 2. The Morgan fingerprint density at radius 2 is 1.50 bits per heavy atom. The fourth-order valence-electron chi connectivity index (χ4n) is 3.50. The molecule has 1 rings (SSSR count). The van der Waals surface area contributed by atoms with E-state index in [2.05, 4.69) is 59.7 Å². The van der Waals surface area contributed by atoms with Crippen LogP contribution < -0.4 is 5.73 Å². The summed E-state index contributed by atoms with van der Waals surface area (Å²) in [5.41, 5.74) is 10.9. The SMILES string of the molecule is CCCC(C)(CC)Cc1cc(CSCCN)cc(CC(C)(C)C)c1. The summed E-state index contributed by atoms with van der Waals surface area (Å²) in [7, 11) is 0. The van der Waals surface area contributed by atoms with Crippen LogP contribution in [0.5, 0.6) is 0 Å². The van der Waals surface area contributed by atoms with Crippen LogP contribution in [0.2, 0.25) is 0 Å². The van der Waals surface area contributed by atoms with Gasteiger partial charge in [0.05, 0.1) is 0 Å². The normalized spacial score (nSPS) is 14.6. The van der Waals surface area contributed by atoms with Crippen LogP contribution in [0.3, 0.4) is 0 Å². The van der Waals surface area contributed by atoms with Gasteiger partial charge in [0.2, 0.25) is 0 Å². The van der Waals surface area contributed by atoms with Crippen molar-refractivity contribution < 1.29 is 0 Å². The van der Waals surface area contributed by atoms with Gasteiger partial charge in [-0.05, 0) is 46.8 Å². The van der Waals surface area contributed by atoms with E-state index in [-0.39, 0.29) is 0 Å². The highest BCUT2D eigenvalue weighted by Crippen LogP contribution is 2.33. The molecule has 1 unspecified atom stereocenters. The van der Waals surface area contributed by atoms with Gasteiger partial charge in [0.25, 0.3) is 0 Å². The molecule has 0 heterocycles. The lowest BCUT2D eigenvalue weighted by Crippen LogP contribution is -2.19. The van der Waals surface area contributed by atoms with Gasteiger partial charge in [0.15, 0.2) is 0 Å². The average molecular weight is 350 g/mol. The molecule has 0 aromatic heterocycles. The van der Waals surface area contributed by atoms with Crippen molar-refractivity contribution in [2.24, 2.45) is 16.6 Å². The molecule has 0 aliphatic rings. The average Bonchev–Trinajstić information content (AvgIpc) is 2.45. The maximum absolute atomic E-state index is 5.65. The Kier molecular flexibility index (Phi) is 8.87. The topological polar surface area (TPSA) is 26.0 Å². The van der Waals surface area contributed by atoms with Crippen LogP contribution in [0.1, 0.15) is 77.5 Å². The van der Waals surface area contributed by atoms with E-state index in [1.165, 1.54) is 42.4 Å². The Bertz CT molecular complexity index is 489. The van der Waals surface area contributed by atoms with Gasteiger partial charge < -0.3 is 5.73 Å². The molecule has 0 aliphatic carbocycles. The predicted octanol–water partition coefficient (Wildman–Crippen LogP) is 6.23. The third-order valence-corrected chi connectivity index (χ3v) is 5.78. The molecule has 138 valence electrons. The predicted molar refractivity (Wildman–Crippen MR) is 112 cm³/mol. The van der Waals surface area contributed by atoms with Crippen LogP contribution in [-0.4, -0.2) is 12.3 Å². The van der Waals surface area contributed by atoms with E-state index in [1.54, 1.807) is 0 Å². The molecule has 0 saturated heterocycles. The zero-order valence-corrected chi connectivity index (χ0v) is 17.7. The molecular weight excluding hydrogens is 310 g/mol. The van der Waals surface area contributed by atoms with Crippen LogP contribution in [0, 0.1) is 10.8 Å². The highest BCUT2D eigenvalue weighted by atomic mass is 32.2. The van der Waals surface area contributed by atoms with Gasteiger partial charge in [-0.1, -0.05) is 72.6 Å². The van der Waals surface area contributed by atoms with Gasteiger partial charge in [-0.15, -0.1) is 0 Å². The molecule has 1 atom stereocenters. The second kappa shape index (κ2) is 9.87. The fraction of sp³-hybridized carbons (Fsp3) is 0.727. The summed E-state index contributed by atoms with van der Waals surface area (Å²) in [5.74, 6) is 2.13. The zero-order chi connectivity index (χ0) is 18.2. The second-order valence-corrected chi connectivity index (χ2v) is 9.93. The van der Waals surface area contributed by atoms with Crippen LogP contribution >= 0.6 is 11.8 Å². The maximum atomic E-state index is 5.65. The summed E-state index contributed by atoms with van der Waals surface area (Å²) in [4.78, 5) is 0. The lowest BCUT2D eigenvalue weighted by Gasteiger charge is -2.29. The first-order chi connectivity index (χ1) is 11.2. The highest BCUT2D eigenvalue weighted by Gasteiger charge is 2.22. The minimum atomic E-state index is 0.331. The summed E-state index contributed by atoms with van der Waals surface area (Å²) >= 11 is 1.95. The van der Waals surface area contributed by atoms with Crippen LogP contribution in [0.4, 0.5) is 0 Å². The van der Waals surface area contributed by atoms with E-state index >= 15 is 0 Å². The van der Waals surface area contributed by atoms with Gasteiger partial charge in [0.1, 0.15) is 0 Å². The van der Waals surface area contributed by atoms with Gasteiger partial charge >= 0.3 is 0 Å². The Hall–Kier alpha value is -0.470. The molecule has 0 fully saturated rings. The van der Waals surface area contributed by atoms with Crippen LogP contribution in [0.15, 0.2) is 18.2 Å². The third kappa shape index (κ3) is 8.07. The first kappa shape index (κ1) is 21.6. The smallest absolute Gasteiger partial charge is 0.0185 e. The van der Waals surface area contributed by atoms with E-state index in [0.29, 0.717) is 10.8 Å². The molecule has 0 radical (unpaired) electrons. The quantitative estimate of drug-likeness (QED) is 0.507. The lowest BCUT2D eigenvalue weighted by atomic mass is 9.77. The van der Waals surface area contributed by atoms with Crippen molar-refractivity contribution in [2.45, 2.75) is 79.4 Å². The molecule has 1 nitrogen and oxygen atoms in total. The summed E-state index contributed by atoms with van der Waals surface area (Å²) in [5, 5.41) is 0. The molecule has 2 N–H and O–H groups in total. The first-order valence-corrected chi connectivity index (χ1v) is 10.8. The number of thioether (sulfide) groups is 1. The van der Waals surface area contributed by atoms with Crippen molar-refractivity contribution in [3.05, 3.63) is 34.9 Å². The summed E-state index contributed by atoms with van der Waals surface area (Å²) in [6.07, 6.45) is 6.17. The number of hydrogen-bond donors (Lipinski definition) is 1. The van der Waals surface area contributed by atoms with Crippen molar-refractivity contribution >= 4 is 11.8 Å². The van der Waals surface area contributed by atoms with Gasteiger partial charge in [-0.25, -0.2) is 0 Å². The lowest BCUT2D eigenvalue weighted by molar-refractivity contribution is 0.279. The molecule has 1 aromatic carbocycles. The monoisotopic (exact) mass is 349 g/mol. The molecule has 0 spiro atoms. The summed E-state index contributed by atoms with van der Waals surface area (Å²) < 4.78 is 0. The summed E-state index contributed by atoms with van der Waals surface area (Å²) in [6.45, 7) is 14.9. The minimum absolute atomic E-state index is 0.331. The second-order valence-electron chi connectivity index (χ2n) is 8.83. The van der Waals surface area contributed by atoms with Gasteiger partial charge in [-0.2, -0.15) is 11.8 Å². The molecule has 1 aromatic rings. The van der Waals surface area contributed by atoms with E-state index < -0.39 is 0 Å². The zero-order valence-electron chi connectivity index (χ0n) is 16.9. The first-order valence-electron chi connectivity index (χ1n) is 9.61. The number of benzene rings is 1. The largest absolute Gasteiger partial charge is 0.330 e. The van der Waals surface area contributed by atoms with E-state index in [1.807, 2.05) is 11.8 Å². The molecule has 0 aliphatic heterocycles. The Labute approximate surface area is 155 Å². The van der Waals surface area contributed by atoms with Crippen molar-refractivity contribution in [3.63, 3.8) is 0 Å². The third-order valence-electron chi connectivity index (χ3n) is 4.72. The molecule has 0 bridgehead atoms. The van der Waals surface area contributed by atoms with E-state index in [4.69, 9.17) is 5.73 Å². The van der Waals surface area contributed by atoms with E-state index in [9.17, 15) is 0 Å². The molecular formula is C22H39NS. The maximum Gasteiger partial charge on any atom is 0.0185 e. The number of rotatable bonds is 10. The molecule has 24 heavy (non-hydrogen) atoms. The Balaban J connectivity index is 3.03. The van der Waals surface area contributed by atoms with Gasteiger partial charge in [-0.3, -0.25) is 0 Å². The number of nitrogens with two attached hydrogens (primary N) is 1. The molecule has 2 heteroatoms. The summed E-state index contributed by atoms with van der Waals surface area (Å²) in [6, 6.07) is 7.33. The standard InChI is InChI=1S/C22H39NS/c1-7-9-22(6,8-2)16-19-12-18(15-21(3,4)5)13-20(14-19)17-24-11-10-23/h12-14H,7-11,15-17,23H2,1-6H3. The Morgan fingerprint density at radius 1 is 0.917 bits per heavy atom. The molecule has 0 saturated carbocycles. The highest BCUT2D eigenvalue weighted by molar-refractivity contribution is 7.98. The van der Waals surface area contributed by atoms with Crippen molar-refractivity contribution in [1.82, 2.24) is 0 Å². The van der Waals surface area contributed by atoms with E-state index in [0.717, 1.165) is 24.5 Å².